The van der Waals surface area contributed by atoms with Crippen LogP contribution in [0.3, 0.4) is 0 Å². The van der Waals surface area contributed by atoms with Crippen molar-refractivity contribution in [2.45, 2.75) is 59.5 Å². The van der Waals surface area contributed by atoms with Gasteiger partial charge in [-0.2, -0.15) is 5.10 Å². The second-order valence-corrected chi connectivity index (χ2v) is 5.02. The van der Waals surface area contributed by atoms with Gasteiger partial charge in [0.05, 0.1) is 5.69 Å². The van der Waals surface area contributed by atoms with E-state index in [1.807, 2.05) is 6.92 Å². The number of nitrogens with two attached hydrogens (primary N) is 1. The molecule has 0 bridgehead atoms. The van der Waals surface area contributed by atoms with Crippen molar-refractivity contribution in [1.82, 2.24) is 9.78 Å². The highest BCUT2D eigenvalue weighted by Crippen LogP contribution is 2.11. The van der Waals surface area contributed by atoms with Gasteiger partial charge in [0.1, 0.15) is 0 Å². The Morgan fingerprint density at radius 3 is 2.69 bits per heavy atom. The number of hydrogen-bond acceptors (Lipinski definition) is 2. The molecule has 1 unspecified atom stereocenters. The van der Waals surface area contributed by atoms with Crippen LogP contribution in [0.5, 0.6) is 0 Å². The van der Waals surface area contributed by atoms with E-state index in [0.29, 0.717) is 12.0 Å². The number of nitrogens with zero attached hydrogens (tertiary/aromatic N) is 2. The third-order valence-corrected chi connectivity index (χ3v) is 2.83. The van der Waals surface area contributed by atoms with E-state index in [4.69, 9.17) is 5.73 Å². The van der Waals surface area contributed by atoms with Crippen LogP contribution < -0.4 is 5.73 Å². The molecule has 0 radical (unpaired) electrons. The summed E-state index contributed by atoms with van der Waals surface area (Å²) in [5.41, 5.74) is 8.52. The van der Waals surface area contributed by atoms with E-state index in [2.05, 4.69) is 36.6 Å². The van der Waals surface area contributed by atoms with Gasteiger partial charge in [0.2, 0.25) is 0 Å². The molecule has 0 aliphatic heterocycles. The second kappa shape index (κ2) is 6.04. The molecule has 3 nitrogen and oxygen atoms in total. The van der Waals surface area contributed by atoms with Crippen LogP contribution in [0.15, 0.2) is 6.07 Å². The van der Waals surface area contributed by atoms with Gasteiger partial charge in [-0.05, 0) is 45.1 Å². The van der Waals surface area contributed by atoms with Crippen LogP contribution in [0.2, 0.25) is 0 Å². The summed E-state index contributed by atoms with van der Waals surface area (Å²) < 4.78 is 2.08. The minimum Gasteiger partial charge on any atom is -0.328 e. The standard InChI is InChI=1S/C13H25N3/c1-5-16-13(9-11(4)15-16)7-6-12(14)8-10(2)3/h9-10,12H,5-8,14H2,1-4H3. The molecule has 0 aliphatic carbocycles. The first-order valence-electron chi connectivity index (χ1n) is 6.31. The molecule has 16 heavy (non-hydrogen) atoms. The molecule has 0 saturated heterocycles. The smallest absolute Gasteiger partial charge is 0.0596 e. The van der Waals surface area contributed by atoms with Crippen LogP contribution in [0.25, 0.3) is 0 Å². The van der Waals surface area contributed by atoms with Gasteiger partial charge in [0, 0.05) is 18.3 Å². The molecule has 1 atom stereocenters. The Morgan fingerprint density at radius 1 is 1.44 bits per heavy atom. The maximum absolute atomic E-state index is 6.09. The van der Waals surface area contributed by atoms with Gasteiger partial charge in [-0.1, -0.05) is 13.8 Å². The van der Waals surface area contributed by atoms with Crippen molar-refractivity contribution in [3.05, 3.63) is 17.5 Å². The van der Waals surface area contributed by atoms with Gasteiger partial charge >= 0.3 is 0 Å². The highest BCUT2D eigenvalue weighted by Gasteiger charge is 2.09. The topological polar surface area (TPSA) is 43.8 Å². The summed E-state index contributed by atoms with van der Waals surface area (Å²) in [6, 6.07) is 2.49. The fourth-order valence-corrected chi connectivity index (χ4v) is 2.13. The lowest BCUT2D eigenvalue weighted by Crippen LogP contribution is -2.23. The minimum absolute atomic E-state index is 0.320. The second-order valence-electron chi connectivity index (χ2n) is 5.02. The lowest BCUT2D eigenvalue weighted by Gasteiger charge is -2.14. The molecule has 0 aromatic carbocycles. The molecule has 0 saturated carbocycles. The van der Waals surface area contributed by atoms with Crippen LogP contribution in [-0.4, -0.2) is 15.8 Å². The Balaban J connectivity index is 2.47. The summed E-state index contributed by atoms with van der Waals surface area (Å²) in [6.07, 6.45) is 3.21. The zero-order valence-corrected chi connectivity index (χ0v) is 11.0. The molecule has 3 heteroatoms. The molecule has 0 fully saturated rings. The first-order chi connectivity index (χ1) is 7.52. The number of hydrogen-bond donors (Lipinski definition) is 1. The average molecular weight is 223 g/mol. The third kappa shape index (κ3) is 3.97. The normalized spacial score (nSPS) is 13.4. The SMILES string of the molecule is CCn1nc(C)cc1CCC(N)CC(C)C. The van der Waals surface area contributed by atoms with Gasteiger partial charge in [0.15, 0.2) is 0 Å². The molecule has 0 amide bonds. The number of aryl methyl sites for hydroxylation is 3. The highest BCUT2D eigenvalue weighted by atomic mass is 15.3. The Kier molecular flexibility index (Phi) is 5.00. The molecule has 0 aliphatic rings. The van der Waals surface area contributed by atoms with Crippen molar-refractivity contribution in [3.8, 4) is 0 Å². The van der Waals surface area contributed by atoms with Crippen molar-refractivity contribution in [3.63, 3.8) is 0 Å². The van der Waals surface area contributed by atoms with Crippen LogP contribution >= 0.6 is 0 Å². The Bertz CT molecular complexity index is 315. The molecular weight excluding hydrogens is 198 g/mol. The molecule has 2 N–H and O–H groups in total. The van der Waals surface area contributed by atoms with E-state index < -0.39 is 0 Å². The maximum Gasteiger partial charge on any atom is 0.0596 e. The largest absolute Gasteiger partial charge is 0.328 e. The lowest BCUT2D eigenvalue weighted by molar-refractivity contribution is 0.466. The predicted molar refractivity (Wildman–Crippen MR) is 68.4 cm³/mol. The average Bonchev–Trinajstić information content (AvgIpc) is 2.55. The van der Waals surface area contributed by atoms with Gasteiger partial charge in [-0.15, -0.1) is 0 Å². The van der Waals surface area contributed by atoms with Gasteiger partial charge in [0.25, 0.3) is 0 Å². The summed E-state index contributed by atoms with van der Waals surface area (Å²) in [5, 5.41) is 4.44. The molecule has 1 rings (SSSR count). The zero-order chi connectivity index (χ0) is 12.1. The quantitative estimate of drug-likeness (QED) is 0.805. The van der Waals surface area contributed by atoms with E-state index in [0.717, 1.165) is 31.5 Å². The highest BCUT2D eigenvalue weighted by molar-refractivity contribution is 5.09. The van der Waals surface area contributed by atoms with E-state index >= 15 is 0 Å². The van der Waals surface area contributed by atoms with Crippen molar-refractivity contribution < 1.29 is 0 Å². The number of rotatable bonds is 6. The van der Waals surface area contributed by atoms with Crippen LogP contribution in [0.1, 0.15) is 45.0 Å². The van der Waals surface area contributed by atoms with Crippen molar-refractivity contribution in [2.75, 3.05) is 0 Å². The van der Waals surface area contributed by atoms with E-state index in [-0.39, 0.29) is 0 Å². The van der Waals surface area contributed by atoms with Crippen LogP contribution in [0, 0.1) is 12.8 Å². The third-order valence-electron chi connectivity index (χ3n) is 2.83. The molecular formula is C13H25N3. The van der Waals surface area contributed by atoms with Crippen LogP contribution in [0.4, 0.5) is 0 Å². The molecule has 1 aromatic heterocycles. The van der Waals surface area contributed by atoms with Crippen molar-refractivity contribution in [1.29, 1.82) is 0 Å². The van der Waals surface area contributed by atoms with Crippen molar-refractivity contribution >= 4 is 0 Å². The Hall–Kier alpha value is -0.830. The molecule has 1 aromatic rings. The van der Waals surface area contributed by atoms with Crippen LogP contribution in [-0.2, 0) is 13.0 Å². The molecule has 0 spiro atoms. The van der Waals surface area contributed by atoms with Gasteiger partial charge in [-0.3, -0.25) is 4.68 Å². The van der Waals surface area contributed by atoms with Gasteiger partial charge in [-0.25, -0.2) is 0 Å². The Morgan fingerprint density at radius 2 is 2.12 bits per heavy atom. The summed E-state index contributed by atoms with van der Waals surface area (Å²) in [6.45, 7) is 9.57. The molecule has 1 heterocycles. The van der Waals surface area contributed by atoms with Gasteiger partial charge < -0.3 is 5.73 Å². The number of aromatic nitrogens is 2. The summed E-state index contributed by atoms with van der Waals surface area (Å²) >= 11 is 0. The van der Waals surface area contributed by atoms with E-state index in [1.54, 1.807) is 0 Å². The maximum atomic E-state index is 6.09. The fraction of sp³-hybridized carbons (Fsp3) is 0.769. The summed E-state index contributed by atoms with van der Waals surface area (Å²) in [7, 11) is 0. The monoisotopic (exact) mass is 223 g/mol. The zero-order valence-electron chi connectivity index (χ0n) is 11.0. The fourth-order valence-electron chi connectivity index (χ4n) is 2.13. The lowest BCUT2D eigenvalue weighted by atomic mass is 10.00. The van der Waals surface area contributed by atoms with Crippen molar-refractivity contribution in [2.24, 2.45) is 11.7 Å². The minimum atomic E-state index is 0.320. The summed E-state index contributed by atoms with van der Waals surface area (Å²) in [5.74, 6) is 0.688. The predicted octanol–water partition coefficient (Wildman–Crippen LogP) is 2.52. The summed E-state index contributed by atoms with van der Waals surface area (Å²) in [4.78, 5) is 0. The Labute approximate surface area is 99.0 Å². The van der Waals surface area contributed by atoms with E-state index in [1.165, 1.54) is 5.69 Å². The molecule has 92 valence electrons. The first kappa shape index (κ1) is 13.2. The van der Waals surface area contributed by atoms with E-state index in [9.17, 15) is 0 Å². The first-order valence-corrected chi connectivity index (χ1v) is 6.31.